The van der Waals surface area contributed by atoms with Crippen LogP contribution in [0.4, 0.5) is 0 Å². The van der Waals surface area contributed by atoms with Gasteiger partial charge < -0.3 is 4.57 Å². The zero-order valence-electron chi connectivity index (χ0n) is 10.2. The van der Waals surface area contributed by atoms with Crippen LogP contribution in [0.3, 0.4) is 0 Å². The Labute approximate surface area is 111 Å². The number of halogens is 1. The highest BCUT2D eigenvalue weighted by molar-refractivity contribution is 9.09. The fraction of sp³-hybridized carbons (Fsp3) is 0.615. The Balaban J connectivity index is 1.95. The molecule has 2 heterocycles. The van der Waals surface area contributed by atoms with Crippen molar-refractivity contribution in [2.45, 2.75) is 25.9 Å². The molecule has 0 aromatic carbocycles. The third-order valence-electron chi connectivity index (χ3n) is 3.68. The van der Waals surface area contributed by atoms with Gasteiger partial charge in [0, 0.05) is 36.7 Å². The molecule has 0 bridgehead atoms. The second kappa shape index (κ2) is 5.83. The molecule has 0 saturated carbocycles. The summed E-state index contributed by atoms with van der Waals surface area (Å²) in [6, 6.07) is 5.94. The zero-order valence-corrected chi connectivity index (χ0v) is 11.8. The Bertz CT molecular complexity index is 418. The maximum absolute atomic E-state index is 11.6. The predicted octanol–water partition coefficient (Wildman–Crippen LogP) is 1.95. The van der Waals surface area contributed by atoms with Gasteiger partial charge in [-0.05, 0) is 24.9 Å². The molecule has 2 rings (SSSR count). The molecule has 1 aliphatic heterocycles. The van der Waals surface area contributed by atoms with Crippen molar-refractivity contribution < 1.29 is 0 Å². The predicted molar refractivity (Wildman–Crippen MR) is 73.6 cm³/mol. The van der Waals surface area contributed by atoms with Crippen LogP contribution in [-0.2, 0) is 6.54 Å². The number of hydrogen-bond acceptors (Lipinski definition) is 2. The first kappa shape index (κ1) is 12.8. The smallest absolute Gasteiger partial charge is 0.250 e. The Kier molecular flexibility index (Phi) is 4.40. The molecule has 0 radical (unpaired) electrons. The molecule has 0 spiro atoms. The first-order valence-electron chi connectivity index (χ1n) is 6.18. The van der Waals surface area contributed by atoms with Crippen molar-refractivity contribution in [3.63, 3.8) is 0 Å². The Morgan fingerprint density at radius 2 is 2.24 bits per heavy atom. The monoisotopic (exact) mass is 298 g/mol. The summed E-state index contributed by atoms with van der Waals surface area (Å²) in [5, 5.41) is 1.03. The van der Waals surface area contributed by atoms with E-state index in [0.717, 1.165) is 30.9 Å². The normalized spacial score (nSPS) is 25.3. The summed E-state index contributed by atoms with van der Waals surface area (Å²) in [5.41, 5.74) is 0.0927. The average Bonchev–Trinajstić information content (AvgIpc) is 2.69. The van der Waals surface area contributed by atoms with E-state index >= 15 is 0 Å². The largest absolute Gasteiger partial charge is 0.314 e. The topological polar surface area (TPSA) is 25.2 Å². The van der Waals surface area contributed by atoms with E-state index in [1.54, 1.807) is 16.7 Å². The lowest BCUT2D eigenvalue weighted by molar-refractivity contribution is 0.242. The molecule has 1 aromatic heterocycles. The quantitative estimate of drug-likeness (QED) is 0.794. The van der Waals surface area contributed by atoms with Gasteiger partial charge in [0.15, 0.2) is 0 Å². The number of pyridine rings is 1. The first-order valence-corrected chi connectivity index (χ1v) is 7.30. The van der Waals surface area contributed by atoms with E-state index in [4.69, 9.17) is 0 Å². The SMILES string of the molecule is CC1CCN(CCn2ccccc2=O)C1CBr. The average molecular weight is 299 g/mol. The van der Waals surface area contributed by atoms with Gasteiger partial charge in [0.1, 0.15) is 0 Å². The van der Waals surface area contributed by atoms with E-state index in [1.807, 2.05) is 12.3 Å². The maximum Gasteiger partial charge on any atom is 0.250 e. The van der Waals surface area contributed by atoms with Gasteiger partial charge in [-0.15, -0.1) is 0 Å². The number of hydrogen-bond donors (Lipinski definition) is 0. The van der Waals surface area contributed by atoms with Crippen LogP contribution in [0.25, 0.3) is 0 Å². The Hall–Kier alpha value is -0.610. The molecule has 1 aromatic rings. The fourth-order valence-corrected chi connectivity index (χ4v) is 3.54. The molecule has 1 fully saturated rings. The third-order valence-corrected chi connectivity index (χ3v) is 4.35. The lowest BCUT2D eigenvalue weighted by atomic mass is 10.1. The Morgan fingerprint density at radius 3 is 2.94 bits per heavy atom. The summed E-state index contributed by atoms with van der Waals surface area (Å²) in [7, 11) is 0. The molecule has 4 heteroatoms. The zero-order chi connectivity index (χ0) is 12.3. The van der Waals surface area contributed by atoms with Gasteiger partial charge in [-0.25, -0.2) is 0 Å². The number of likely N-dealkylation sites (tertiary alicyclic amines) is 1. The van der Waals surface area contributed by atoms with Crippen LogP contribution < -0.4 is 5.56 Å². The van der Waals surface area contributed by atoms with Crippen molar-refractivity contribution in [1.29, 1.82) is 0 Å². The molecule has 2 unspecified atom stereocenters. The molecular weight excluding hydrogens is 280 g/mol. The van der Waals surface area contributed by atoms with E-state index in [1.165, 1.54) is 6.42 Å². The van der Waals surface area contributed by atoms with Crippen LogP contribution in [0, 0.1) is 5.92 Å². The number of aromatic nitrogens is 1. The van der Waals surface area contributed by atoms with Crippen LogP contribution in [0.2, 0.25) is 0 Å². The number of rotatable bonds is 4. The van der Waals surface area contributed by atoms with Crippen molar-refractivity contribution in [2.24, 2.45) is 5.92 Å². The number of alkyl halides is 1. The summed E-state index contributed by atoms with van der Waals surface area (Å²) in [5.74, 6) is 0.752. The second-order valence-corrected chi connectivity index (χ2v) is 5.40. The van der Waals surface area contributed by atoms with E-state index in [2.05, 4.69) is 27.8 Å². The molecular formula is C13H19BrN2O. The highest BCUT2D eigenvalue weighted by Crippen LogP contribution is 2.24. The highest BCUT2D eigenvalue weighted by atomic mass is 79.9. The van der Waals surface area contributed by atoms with Crippen LogP contribution in [0.15, 0.2) is 29.2 Å². The van der Waals surface area contributed by atoms with Crippen molar-refractivity contribution in [3.05, 3.63) is 34.7 Å². The van der Waals surface area contributed by atoms with E-state index in [-0.39, 0.29) is 5.56 Å². The first-order chi connectivity index (χ1) is 8.22. The van der Waals surface area contributed by atoms with Gasteiger partial charge in [0.2, 0.25) is 0 Å². The molecule has 94 valence electrons. The summed E-state index contributed by atoms with van der Waals surface area (Å²) in [6.07, 6.45) is 3.13. The van der Waals surface area contributed by atoms with Crippen molar-refractivity contribution in [2.75, 3.05) is 18.4 Å². The molecule has 1 saturated heterocycles. The van der Waals surface area contributed by atoms with Gasteiger partial charge in [-0.3, -0.25) is 9.69 Å². The molecule has 0 N–H and O–H groups in total. The summed E-state index contributed by atoms with van der Waals surface area (Å²) < 4.78 is 1.79. The minimum absolute atomic E-state index is 0.0927. The van der Waals surface area contributed by atoms with E-state index in [0.29, 0.717) is 6.04 Å². The molecule has 1 aliphatic rings. The Morgan fingerprint density at radius 1 is 1.41 bits per heavy atom. The standard InChI is InChI=1S/C13H19BrN2O/c1-11-5-7-15(12(11)10-14)8-9-16-6-3-2-4-13(16)17/h2-4,6,11-12H,5,7-10H2,1H3. The molecule has 17 heavy (non-hydrogen) atoms. The van der Waals surface area contributed by atoms with E-state index in [9.17, 15) is 4.79 Å². The van der Waals surface area contributed by atoms with Gasteiger partial charge in [-0.2, -0.15) is 0 Å². The van der Waals surface area contributed by atoms with Gasteiger partial charge in [0.05, 0.1) is 0 Å². The molecule has 2 atom stereocenters. The van der Waals surface area contributed by atoms with Crippen LogP contribution in [-0.4, -0.2) is 33.9 Å². The van der Waals surface area contributed by atoms with Crippen LogP contribution in [0.1, 0.15) is 13.3 Å². The molecule has 3 nitrogen and oxygen atoms in total. The summed E-state index contributed by atoms with van der Waals surface area (Å²) in [6.45, 7) is 5.21. The lowest BCUT2D eigenvalue weighted by Gasteiger charge is -2.25. The van der Waals surface area contributed by atoms with Crippen molar-refractivity contribution in [1.82, 2.24) is 9.47 Å². The lowest BCUT2D eigenvalue weighted by Crippen LogP contribution is -2.37. The second-order valence-electron chi connectivity index (χ2n) is 4.76. The van der Waals surface area contributed by atoms with Crippen molar-refractivity contribution in [3.8, 4) is 0 Å². The van der Waals surface area contributed by atoms with Crippen LogP contribution in [0.5, 0.6) is 0 Å². The maximum atomic E-state index is 11.6. The fourth-order valence-electron chi connectivity index (χ4n) is 2.50. The summed E-state index contributed by atoms with van der Waals surface area (Å²) in [4.78, 5) is 14.1. The summed E-state index contributed by atoms with van der Waals surface area (Å²) >= 11 is 3.59. The van der Waals surface area contributed by atoms with Gasteiger partial charge in [-0.1, -0.05) is 28.9 Å². The molecule has 0 amide bonds. The van der Waals surface area contributed by atoms with Crippen LogP contribution >= 0.6 is 15.9 Å². The van der Waals surface area contributed by atoms with E-state index < -0.39 is 0 Å². The minimum Gasteiger partial charge on any atom is -0.314 e. The van der Waals surface area contributed by atoms with Crippen molar-refractivity contribution >= 4 is 15.9 Å². The number of nitrogens with zero attached hydrogens (tertiary/aromatic N) is 2. The molecule has 0 aliphatic carbocycles. The highest BCUT2D eigenvalue weighted by Gasteiger charge is 2.29. The van der Waals surface area contributed by atoms with Gasteiger partial charge in [0.25, 0.3) is 5.56 Å². The third kappa shape index (κ3) is 2.99. The minimum atomic E-state index is 0.0927. The van der Waals surface area contributed by atoms with Gasteiger partial charge >= 0.3 is 0 Å².